The predicted octanol–water partition coefficient (Wildman–Crippen LogP) is 5.21. The summed E-state index contributed by atoms with van der Waals surface area (Å²) >= 11 is 0. The Bertz CT molecular complexity index is 828. The van der Waals surface area contributed by atoms with Gasteiger partial charge in [0.05, 0.1) is 5.69 Å². The van der Waals surface area contributed by atoms with Gasteiger partial charge in [-0.2, -0.15) is 0 Å². The topological polar surface area (TPSA) is 32.3 Å². The number of amides is 2. The minimum Gasteiger partial charge on any atom is -0.308 e. The molecule has 0 bridgehead atoms. The Hall–Kier alpha value is -2.99. The first-order valence-electron chi connectivity index (χ1n) is 8.64. The van der Waals surface area contributed by atoms with E-state index < -0.39 is 0 Å². The van der Waals surface area contributed by atoms with Gasteiger partial charge in [-0.1, -0.05) is 48.2 Å². The maximum Gasteiger partial charge on any atom is 0.326 e. The van der Waals surface area contributed by atoms with E-state index in [0.717, 1.165) is 29.8 Å². The molecule has 25 heavy (non-hydrogen) atoms. The van der Waals surface area contributed by atoms with Crippen molar-refractivity contribution in [2.24, 2.45) is 0 Å². The van der Waals surface area contributed by atoms with Crippen LogP contribution in [0.5, 0.6) is 0 Å². The smallest absolute Gasteiger partial charge is 0.308 e. The Morgan fingerprint density at radius 1 is 1.00 bits per heavy atom. The van der Waals surface area contributed by atoms with E-state index >= 15 is 0 Å². The highest BCUT2D eigenvalue weighted by Gasteiger charge is 2.13. The van der Waals surface area contributed by atoms with Crippen molar-refractivity contribution in [1.29, 1.82) is 0 Å². The van der Waals surface area contributed by atoms with Crippen LogP contribution in [-0.4, -0.2) is 13.1 Å². The number of nitrogens with zero attached hydrogens (tertiary/aromatic N) is 1. The lowest BCUT2D eigenvalue weighted by Crippen LogP contribution is -2.31. The van der Waals surface area contributed by atoms with Gasteiger partial charge >= 0.3 is 6.03 Å². The molecule has 0 radical (unpaired) electrons. The van der Waals surface area contributed by atoms with E-state index in [1.165, 1.54) is 18.4 Å². The predicted molar refractivity (Wildman–Crippen MR) is 104 cm³/mol. The first kappa shape index (κ1) is 16.9. The Morgan fingerprint density at radius 3 is 2.52 bits per heavy atom. The fourth-order valence-corrected chi connectivity index (χ4v) is 2.81. The summed E-state index contributed by atoms with van der Waals surface area (Å²) in [6, 6.07) is 17.0. The number of urea groups is 1. The summed E-state index contributed by atoms with van der Waals surface area (Å²) in [6.07, 6.45) is 6.86. The molecular formula is C22H22N2O. The number of hydrogen-bond acceptors (Lipinski definition) is 1. The van der Waals surface area contributed by atoms with Gasteiger partial charge in [0, 0.05) is 18.3 Å². The number of allylic oxidation sites excluding steroid dienone is 2. The quantitative estimate of drug-likeness (QED) is 0.754. The summed E-state index contributed by atoms with van der Waals surface area (Å²) in [7, 11) is 1.76. The largest absolute Gasteiger partial charge is 0.326 e. The molecule has 0 spiro atoms. The third-order valence-electron chi connectivity index (χ3n) is 4.24. The average molecular weight is 330 g/mol. The van der Waals surface area contributed by atoms with Crippen molar-refractivity contribution in [1.82, 2.24) is 0 Å². The number of anilines is 2. The highest BCUT2D eigenvalue weighted by atomic mass is 16.2. The summed E-state index contributed by atoms with van der Waals surface area (Å²) in [4.78, 5) is 14.1. The minimum absolute atomic E-state index is 0.183. The van der Waals surface area contributed by atoms with Gasteiger partial charge in [-0.05, 0) is 55.5 Å². The maximum absolute atomic E-state index is 12.5. The van der Waals surface area contributed by atoms with Gasteiger partial charge in [-0.3, -0.25) is 4.90 Å². The zero-order valence-electron chi connectivity index (χ0n) is 14.5. The van der Waals surface area contributed by atoms with Crippen molar-refractivity contribution < 1.29 is 4.79 Å². The van der Waals surface area contributed by atoms with Gasteiger partial charge in [0.15, 0.2) is 0 Å². The Kier molecular flexibility index (Phi) is 5.53. The lowest BCUT2D eigenvalue weighted by molar-refractivity contribution is 0.258. The van der Waals surface area contributed by atoms with Crippen molar-refractivity contribution >= 4 is 17.4 Å². The second kappa shape index (κ2) is 8.21. The van der Waals surface area contributed by atoms with Crippen LogP contribution < -0.4 is 10.2 Å². The molecule has 0 aliphatic heterocycles. The van der Waals surface area contributed by atoms with Crippen molar-refractivity contribution in [3.05, 3.63) is 71.8 Å². The van der Waals surface area contributed by atoms with E-state index in [0.29, 0.717) is 0 Å². The molecule has 0 fully saturated rings. The van der Waals surface area contributed by atoms with Crippen LogP contribution in [0.3, 0.4) is 0 Å². The van der Waals surface area contributed by atoms with Crippen LogP contribution in [0.1, 0.15) is 31.2 Å². The van der Waals surface area contributed by atoms with Crippen LogP contribution in [0.2, 0.25) is 0 Å². The molecule has 2 amide bonds. The summed E-state index contributed by atoms with van der Waals surface area (Å²) < 4.78 is 0. The van der Waals surface area contributed by atoms with E-state index in [2.05, 4.69) is 23.2 Å². The molecule has 0 saturated carbocycles. The SMILES string of the molecule is CN(C(=O)Nc1ccccc1)c1ccccc1C#CC1=CCCCC1. The highest BCUT2D eigenvalue weighted by Crippen LogP contribution is 2.21. The molecule has 1 aliphatic rings. The lowest BCUT2D eigenvalue weighted by Gasteiger charge is -2.19. The second-order valence-corrected chi connectivity index (χ2v) is 6.10. The van der Waals surface area contributed by atoms with Crippen LogP contribution in [-0.2, 0) is 0 Å². The molecule has 1 N–H and O–H groups in total. The molecule has 0 unspecified atom stereocenters. The maximum atomic E-state index is 12.5. The van der Waals surface area contributed by atoms with Gasteiger partial charge in [0.2, 0.25) is 0 Å². The molecule has 3 heteroatoms. The third-order valence-corrected chi connectivity index (χ3v) is 4.24. The standard InChI is InChI=1S/C22H22N2O/c1-24(22(25)23-20-13-6-3-7-14-20)21-15-9-8-12-19(21)17-16-18-10-4-2-5-11-18/h3,6-10,12-15H,2,4-5,11H2,1H3,(H,23,25). The molecule has 0 heterocycles. The highest BCUT2D eigenvalue weighted by molar-refractivity contribution is 6.02. The van der Waals surface area contributed by atoms with Crippen molar-refractivity contribution in [2.45, 2.75) is 25.7 Å². The Morgan fingerprint density at radius 2 is 1.76 bits per heavy atom. The van der Waals surface area contributed by atoms with Crippen molar-refractivity contribution in [2.75, 3.05) is 17.3 Å². The molecule has 0 saturated heterocycles. The van der Waals surface area contributed by atoms with Gasteiger partial charge < -0.3 is 5.32 Å². The van der Waals surface area contributed by atoms with Crippen molar-refractivity contribution in [3.63, 3.8) is 0 Å². The number of nitrogens with one attached hydrogen (secondary N) is 1. The zero-order valence-corrected chi connectivity index (χ0v) is 14.5. The molecule has 1 aliphatic carbocycles. The summed E-state index contributed by atoms with van der Waals surface area (Å²) in [5.41, 5.74) is 3.65. The van der Waals surface area contributed by atoms with Crippen LogP contribution in [0.15, 0.2) is 66.2 Å². The molecule has 2 aromatic rings. The van der Waals surface area contributed by atoms with Crippen LogP contribution in [0, 0.1) is 11.8 Å². The van der Waals surface area contributed by atoms with Gasteiger partial charge in [0.1, 0.15) is 0 Å². The molecular weight excluding hydrogens is 308 g/mol. The normalized spacial score (nSPS) is 13.2. The first-order chi connectivity index (χ1) is 12.2. The molecule has 0 aromatic heterocycles. The van der Waals surface area contributed by atoms with Crippen LogP contribution in [0.25, 0.3) is 0 Å². The second-order valence-electron chi connectivity index (χ2n) is 6.10. The number of carbonyl (C=O) groups is 1. The average Bonchev–Trinajstić information content (AvgIpc) is 2.67. The van der Waals surface area contributed by atoms with E-state index in [9.17, 15) is 4.79 Å². The minimum atomic E-state index is -0.183. The van der Waals surface area contributed by atoms with Gasteiger partial charge in [0.25, 0.3) is 0 Å². The lowest BCUT2D eigenvalue weighted by atomic mass is 10.00. The van der Waals surface area contributed by atoms with Crippen LogP contribution in [0.4, 0.5) is 16.2 Å². The number of carbonyl (C=O) groups excluding carboxylic acids is 1. The molecule has 0 atom stereocenters. The summed E-state index contributed by atoms with van der Waals surface area (Å²) in [5.74, 6) is 6.52. The van der Waals surface area contributed by atoms with E-state index in [-0.39, 0.29) is 6.03 Å². The van der Waals surface area contributed by atoms with E-state index in [1.54, 1.807) is 11.9 Å². The van der Waals surface area contributed by atoms with Gasteiger partial charge in [-0.15, -0.1) is 0 Å². The Balaban J connectivity index is 1.79. The number of rotatable bonds is 2. The van der Waals surface area contributed by atoms with Gasteiger partial charge in [-0.25, -0.2) is 4.79 Å². The Labute approximate surface area is 149 Å². The van der Waals surface area contributed by atoms with Crippen molar-refractivity contribution in [3.8, 4) is 11.8 Å². The summed E-state index contributed by atoms with van der Waals surface area (Å²) in [5, 5.41) is 2.90. The molecule has 126 valence electrons. The van der Waals surface area contributed by atoms with E-state index in [4.69, 9.17) is 0 Å². The first-order valence-corrected chi connectivity index (χ1v) is 8.64. The third kappa shape index (κ3) is 4.51. The summed E-state index contributed by atoms with van der Waals surface area (Å²) in [6.45, 7) is 0. The molecule has 3 nitrogen and oxygen atoms in total. The molecule has 2 aromatic carbocycles. The number of benzene rings is 2. The zero-order chi connectivity index (χ0) is 17.5. The number of para-hydroxylation sites is 2. The fraction of sp³-hybridized carbons (Fsp3) is 0.227. The van der Waals surface area contributed by atoms with E-state index in [1.807, 2.05) is 54.6 Å². The fourth-order valence-electron chi connectivity index (χ4n) is 2.81. The monoisotopic (exact) mass is 330 g/mol. The molecule has 3 rings (SSSR count). The van der Waals surface area contributed by atoms with Crippen LogP contribution >= 0.6 is 0 Å². The number of hydrogen-bond donors (Lipinski definition) is 1.